The molecule has 2 aromatic carbocycles. The highest BCUT2D eigenvalue weighted by Gasteiger charge is 2.41. The predicted octanol–water partition coefficient (Wildman–Crippen LogP) is 3.07. The molecule has 2 unspecified atom stereocenters. The van der Waals surface area contributed by atoms with E-state index in [2.05, 4.69) is 15.1 Å². The lowest BCUT2D eigenvalue weighted by molar-refractivity contribution is -0.0343. The summed E-state index contributed by atoms with van der Waals surface area (Å²) in [5, 5.41) is 16.3. The number of fused-ring (bicyclic) bond motifs is 1. The Labute approximate surface area is 174 Å². The summed E-state index contributed by atoms with van der Waals surface area (Å²) < 4.78 is 30.7. The Kier molecular flexibility index (Phi) is 5.08. The van der Waals surface area contributed by atoms with Crippen molar-refractivity contribution in [2.45, 2.75) is 25.1 Å². The molecule has 0 aliphatic rings. The molecular formula is C20H16ClF2N5O2. The van der Waals surface area contributed by atoms with Crippen LogP contribution in [-0.4, -0.2) is 29.4 Å². The molecule has 0 radical (unpaired) electrons. The minimum atomic E-state index is -1.98. The molecule has 0 aliphatic carbocycles. The molecule has 0 spiro atoms. The molecule has 30 heavy (non-hydrogen) atoms. The average Bonchev–Trinajstić information content (AvgIpc) is 3.20. The number of aliphatic hydroxyl groups is 1. The van der Waals surface area contributed by atoms with Crippen LogP contribution in [0.2, 0.25) is 5.02 Å². The molecule has 2 heterocycles. The summed E-state index contributed by atoms with van der Waals surface area (Å²) in [6.07, 6.45) is 3.88. The maximum Gasteiger partial charge on any atom is 0.261 e. The van der Waals surface area contributed by atoms with Gasteiger partial charge < -0.3 is 5.11 Å². The summed E-state index contributed by atoms with van der Waals surface area (Å²) in [6.45, 7) is 1.31. The number of hydrogen-bond acceptors (Lipinski definition) is 5. The van der Waals surface area contributed by atoms with Crippen molar-refractivity contribution in [3.05, 3.63) is 88.0 Å². The Morgan fingerprint density at radius 2 is 2.00 bits per heavy atom. The van der Waals surface area contributed by atoms with E-state index in [0.29, 0.717) is 16.6 Å². The smallest absolute Gasteiger partial charge is 0.261 e. The van der Waals surface area contributed by atoms with E-state index < -0.39 is 28.8 Å². The second-order valence-corrected chi connectivity index (χ2v) is 7.37. The van der Waals surface area contributed by atoms with Crippen LogP contribution in [0.15, 0.2) is 60.2 Å². The number of hydrogen-bond donors (Lipinski definition) is 1. The third kappa shape index (κ3) is 3.46. The topological polar surface area (TPSA) is 85.8 Å². The number of aromatic nitrogens is 5. The molecule has 2 atom stereocenters. The van der Waals surface area contributed by atoms with E-state index in [4.69, 9.17) is 11.6 Å². The van der Waals surface area contributed by atoms with E-state index in [0.717, 1.165) is 12.1 Å². The molecule has 0 aliphatic heterocycles. The minimum Gasteiger partial charge on any atom is -0.381 e. The molecule has 0 bridgehead atoms. The lowest BCUT2D eigenvalue weighted by atomic mass is 9.86. The van der Waals surface area contributed by atoms with Gasteiger partial charge in [0.1, 0.15) is 29.9 Å². The largest absolute Gasteiger partial charge is 0.381 e. The van der Waals surface area contributed by atoms with Gasteiger partial charge in [0, 0.05) is 16.7 Å². The van der Waals surface area contributed by atoms with Crippen molar-refractivity contribution in [3.63, 3.8) is 0 Å². The van der Waals surface area contributed by atoms with Crippen molar-refractivity contribution in [1.29, 1.82) is 0 Å². The molecule has 0 saturated heterocycles. The SMILES string of the molecule is CC(n1cnc2cc(Cl)ccc2c1=O)C(O)(Cn1cncn1)c1ccc(F)cc1F. The van der Waals surface area contributed by atoms with Gasteiger partial charge in [-0.25, -0.2) is 23.4 Å². The zero-order valence-electron chi connectivity index (χ0n) is 15.7. The Morgan fingerprint density at radius 3 is 2.70 bits per heavy atom. The molecule has 2 aromatic heterocycles. The van der Waals surface area contributed by atoms with Gasteiger partial charge in [0.25, 0.3) is 5.56 Å². The highest BCUT2D eigenvalue weighted by Crippen LogP contribution is 2.36. The second kappa shape index (κ2) is 7.58. The van der Waals surface area contributed by atoms with Crippen LogP contribution in [0.3, 0.4) is 0 Å². The van der Waals surface area contributed by atoms with E-state index in [1.165, 1.54) is 34.3 Å². The van der Waals surface area contributed by atoms with Crippen molar-refractivity contribution < 1.29 is 13.9 Å². The highest BCUT2D eigenvalue weighted by molar-refractivity contribution is 6.31. The monoisotopic (exact) mass is 431 g/mol. The van der Waals surface area contributed by atoms with Gasteiger partial charge in [-0.2, -0.15) is 5.10 Å². The number of nitrogens with zero attached hydrogens (tertiary/aromatic N) is 5. The average molecular weight is 432 g/mol. The lowest BCUT2D eigenvalue weighted by Crippen LogP contribution is -2.43. The van der Waals surface area contributed by atoms with Crippen LogP contribution in [0.5, 0.6) is 0 Å². The molecule has 0 amide bonds. The van der Waals surface area contributed by atoms with E-state index in [1.807, 2.05) is 0 Å². The van der Waals surface area contributed by atoms with Crippen molar-refractivity contribution >= 4 is 22.5 Å². The van der Waals surface area contributed by atoms with Gasteiger partial charge in [0.2, 0.25) is 0 Å². The first-order valence-electron chi connectivity index (χ1n) is 8.96. The molecule has 7 nitrogen and oxygen atoms in total. The number of rotatable bonds is 5. The molecule has 4 rings (SSSR count). The van der Waals surface area contributed by atoms with Crippen molar-refractivity contribution in [1.82, 2.24) is 24.3 Å². The Bertz CT molecular complexity index is 1280. The fourth-order valence-electron chi connectivity index (χ4n) is 3.46. The third-order valence-corrected chi connectivity index (χ3v) is 5.36. The van der Waals surface area contributed by atoms with E-state index in [-0.39, 0.29) is 17.5 Å². The summed E-state index contributed by atoms with van der Waals surface area (Å²) in [7, 11) is 0. The van der Waals surface area contributed by atoms with Crippen LogP contribution in [0.1, 0.15) is 18.5 Å². The summed E-state index contributed by atoms with van der Waals surface area (Å²) in [6, 6.07) is 6.51. The van der Waals surface area contributed by atoms with Crippen molar-refractivity contribution in [2.75, 3.05) is 0 Å². The first kappa shape index (κ1) is 20.1. The van der Waals surface area contributed by atoms with Crippen LogP contribution in [0.4, 0.5) is 8.78 Å². The standard InChI is InChI=1S/C20H16ClF2N5O2/c1-12(28-11-25-18-6-13(21)2-4-15(18)19(28)29)20(30,8-27-10-24-9-26-27)16-5-3-14(22)7-17(16)23/h2-7,9-12,30H,8H2,1H3. The zero-order chi connectivity index (χ0) is 21.5. The first-order chi connectivity index (χ1) is 14.3. The Morgan fingerprint density at radius 1 is 1.20 bits per heavy atom. The predicted molar refractivity (Wildman–Crippen MR) is 106 cm³/mol. The molecule has 0 saturated carbocycles. The van der Waals surface area contributed by atoms with Crippen LogP contribution in [-0.2, 0) is 12.1 Å². The zero-order valence-corrected chi connectivity index (χ0v) is 16.5. The molecule has 1 N–H and O–H groups in total. The number of benzene rings is 2. The summed E-state index contributed by atoms with van der Waals surface area (Å²) in [5.74, 6) is -1.73. The summed E-state index contributed by atoms with van der Waals surface area (Å²) in [4.78, 5) is 21.2. The van der Waals surface area contributed by atoms with Crippen LogP contribution < -0.4 is 5.56 Å². The van der Waals surface area contributed by atoms with Gasteiger partial charge in [-0.05, 0) is 31.2 Å². The van der Waals surface area contributed by atoms with Gasteiger partial charge >= 0.3 is 0 Å². The van der Waals surface area contributed by atoms with Gasteiger partial charge in [0.15, 0.2) is 0 Å². The molecular weight excluding hydrogens is 416 g/mol. The van der Waals surface area contributed by atoms with Crippen molar-refractivity contribution in [3.8, 4) is 0 Å². The highest BCUT2D eigenvalue weighted by atomic mass is 35.5. The maximum absolute atomic E-state index is 14.7. The molecule has 10 heteroatoms. The van der Waals surface area contributed by atoms with Crippen LogP contribution in [0.25, 0.3) is 10.9 Å². The van der Waals surface area contributed by atoms with Gasteiger partial charge in [-0.15, -0.1) is 0 Å². The maximum atomic E-state index is 14.7. The first-order valence-corrected chi connectivity index (χ1v) is 9.34. The van der Waals surface area contributed by atoms with Gasteiger partial charge in [-0.1, -0.05) is 17.7 Å². The van der Waals surface area contributed by atoms with E-state index >= 15 is 0 Å². The molecule has 4 aromatic rings. The fraction of sp³-hybridized carbons (Fsp3) is 0.200. The van der Waals surface area contributed by atoms with Crippen LogP contribution in [0, 0.1) is 11.6 Å². The van der Waals surface area contributed by atoms with E-state index in [9.17, 15) is 18.7 Å². The summed E-state index contributed by atoms with van der Waals surface area (Å²) >= 11 is 5.96. The van der Waals surface area contributed by atoms with Crippen molar-refractivity contribution in [2.24, 2.45) is 0 Å². The number of halogens is 3. The Hall–Kier alpha value is -3.17. The van der Waals surface area contributed by atoms with Gasteiger partial charge in [0.05, 0.1) is 29.8 Å². The quantitative estimate of drug-likeness (QED) is 0.525. The second-order valence-electron chi connectivity index (χ2n) is 6.94. The molecule has 154 valence electrons. The van der Waals surface area contributed by atoms with Crippen LogP contribution >= 0.6 is 11.6 Å². The van der Waals surface area contributed by atoms with E-state index in [1.54, 1.807) is 19.1 Å². The normalized spacial score (nSPS) is 14.6. The minimum absolute atomic E-state index is 0.185. The molecule has 0 fully saturated rings. The Balaban J connectivity index is 1.88. The third-order valence-electron chi connectivity index (χ3n) is 5.12. The lowest BCUT2D eigenvalue weighted by Gasteiger charge is -2.35. The van der Waals surface area contributed by atoms with Gasteiger partial charge in [-0.3, -0.25) is 9.36 Å². The summed E-state index contributed by atoms with van der Waals surface area (Å²) in [5.41, 5.74) is -2.21. The fourth-order valence-corrected chi connectivity index (χ4v) is 3.62.